The number of halogens is 1. The normalized spacial score (nSPS) is 10.2. The van der Waals surface area contributed by atoms with Gasteiger partial charge in [0.15, 0.2) is 0 Å². The average molecular weight is 275 g/mol. The molecule has 3 nitrogen and oxygen atoms in total. The van der Waals surface area contributed by atoms with E-state index in [-0.39, 0.29) is 5.82 Å². The molecule has 0 aromatic heterocycles. The summed E-state index contributed by atoms with van der Waals surface area (Å²) in [5.41, 5.74) is 1.69. The monoisotopic (exact) mass is 275 g/mol. The molecule has 0 saturated carbocycles. The van der Waals surface area contributed by atoms with Gasteiger partial charge < -0.3 is 14.8 Å². The molecule has 2 aromatic carbocycles. The fraction of sp³-hybridized carbons (Fsp3) is 0.250. The third kappa shape index (κ3) is 3.63. The number of ether oxygens (including phenoxy) is 2. The summed E-state index contributed by atoms with van der Waals surface area (Å²) in [6.45, 7) is 3.09. The van der Waals surface area contributed by atoms with E-state index >= 15 is 0 Å². The van der Waals surface area contributed by atoms with Crippen molar-refractivity contribution in [1.82, 2.24) is 0 Å². The minimum Gasteiger partial charge on any atom is -0.497 e. The molecule has 20 heavy (non-hydrogen) atoms. The Kier molecular flexibility index (Phi) is 4.82. The zero-order chi connectivity index (χ0) is 14.4. The zero-order valence-corrected chi connectivity index (χ0v) is 11.7. The lowest BCUT2D eigenvalue weighted by molar-refractivity contribution is 0.307. The van der Waals surface area contributed by atoms with Gasteiger partial charge in [0, 0.05) is 12.6 Å². The van der Waals surface area contributed by atoms with Gasteiger partial charge in [0.2, 0.25) is 0 Å². The van der Waals surface area contributed by atoms with Crippen molar-refractivity contribution in [3.05, 3.63) is 53.8 Å². The van der Waals surface area contributed by atoms with Crippen molar-refractivity contribution in [2.75, 3.05) is 19.0 Å². The van der Waals surface area contributed by atoms with Crippen LogP contribution in [0.3, 0.4) is 0 Å². The van der Waals surface area contributed by atoms with E-state index in [2.05, 4.69) is 5.32 Å². The Morgan fingerprint density at radius 2 is 1.85 bits per heavy atom. The van der Waals surface area contributed by atoms with Crippen LogP contribution in [-0.2, 0) is 6.61 Å². The topological polar surface area (TPSA) is 30.5 Å². The van der Waals surface area contributed by atoms with Crippen LogP contribution in [0.5, 0.6) is 11.5 Å². The molecule has 2 aromatic rings. The molecular weight excluding hydrogens is 257 g/mol. The standard InChI is InChI=1S/C16H18FNO2/c1-3-18-15-10-13(17)6-9-16(15)20-11-12-4-7-14(19-2)8-5-12/h4-10,18H,3,11H2,1-2H3. The van der Waals surface area contributed by atoms with Crippen molar-refractivity contribution in [1.29, 1.82) is 0 Å². The fourth-order valence-corrected chi connectivity index (χ4v) is 1.84. The Hall–Kier alpha value is -2.23. The largest absolute Gasteiger partial charge is 0.497 e. The summed E-state index contributed by atoms with van der Waals surface area (Å²) in [6.07, 6.45) is 0. The van der Waals surface area contributed by atoms with E-state index in [4.69, 9.17) is 9.47 Å². The predicted octanol–water partition coefficient (Wildman–Crippen LogP) is 3.85. The first-order valence-electron chi connectivity index (χ1n) is 6.52. The van der Waals surface area contributed by atoms with E-state index < -0.39 is 0 Å². The zero-order valence-electron chi connectivity index (χ0n) is 11.7. The van der Waals surface area contributed by atoms with Gasteiger partial charge in [0.1, 0.15) is 23.9 Å². The number of nitrogens with one attached hydrogen (secondary N) is 1. The molecular formula is C16H18FNO2. The second-order valence-electron chi connectivity index (χ2n) is 4.31. The second-order valence-corrected chi connectivity index (χ2v) is 4.31. The molecule has 0 radical (unpaired) electrons. The maximum atomic E-state index is 13.2. The van der Waals surface area contributed by atoms with E-state index in [9.17, 15) is 4.39 Å². The van der Waals surface area contributed by atoms with Crippen LogP contribution in [0.2, 0.25) is 0 Å². The van der Waals surface area contributed by atoms with Crippen LogP contribution in [0.15, 0.2) is 42.5 Å². The SMILES string of the molecule is CCNc1cc(F)ccc1OCc1ccc(OC)cc1. The van der Waals surface area contributed by atoms with Crippen LogP contribution >= 0.6 is 0 Å². The molecule has 2 rings (SSSR count). The molecule has 106 valence electrons. The van der Waals surface area contributed by atoms with Crippen LogP contribution in [0, 0.1) is 5.82 Å². The van der Waals surface area contributed by atoms with Gasteiger partial charge in [-0.1, -0.05) is 12.1 Å². The molecule has 0 amide bonds. The van der Waals surface area contributed by atoms with Gasteiger partial charge in [-0.25, -0.2) is 4.39 Å². The van der Waals surface area contributed by atoms with Crippen molar-refractivity contribution in [2.45, 2.75) is 13.5 Å². The highest BCUT2D eigenvalue weighted by molar-refractivity contribution is 5.56. The van der Waals surface area contributed by atoms with Crippen LogP contribution in [0.4, 0.5) is 10.1 Å². The van der Waals surface area contributed by atoms with E-state index in [1.165, 1.54) is 12.1 Å². The minimum absolute atomic E-state index is 0.280. The quantitative estimate of drug-likeness (QED) is 0.868. The predicted molar refractivity (Wildman–Crippen MR) is 77.9 cm³/mol. The highest BCUT2D eigenvalue weighted by atomic mass is 19.1. The van der Waals surface area contributed by atoms with Crippen molar-refractivity contribution in [2.24, 2.45) is 0 Å². The van der Waals surface area contributed by atoms with E-state index in [1.807, 2.05) is 31.2 Å². The van der Waals surface area contributed by atoms with E-state index in [0.717, 1.165) is 11.3 Å². The van der Waals surface area contributed by atoms with Crippen LogP contribution in [-0.4, -0.2) is 13.7 Å². The summed E-state index contributed by atoms with van der Waals surface area (Å²) >= 11 is 0. The van der Waals surface area contributed by atoms with Gasteiger partial charge in [-0.05, 0) is 36.8 Å². The minimum atomic E-state index is -0.280. The van der Waals surface area contributed by atoms with Gasteiger partial charge >= 0.3 is 0 Å². The molecule has 0 spiro atoms. The molecule has 1 N–H and O–H groups in total. The fourth-order valence-electron chi connectivity index (χ4n) is 1.84. The summed E-state index contributed by atoms with van der Waals surface area (Å²) in [5, 5.41) is 3.09. The van der Waals surface area contributed by atoms with E-state index in [1.54, 1.807) is 13.2 Å². The summed E-state index contributed by atoms with van der Waals surface area (Å²) in [4.78, 5) is 0. The van der Waals surface area contributed by atoms with Crippen LogP contribution in [0.1, 0.15) is 12.5 Å². The maximum Gasteiger partial charge on any atom is 0.143 e. The van der Waals surface area contributed by atoms with Gasteiger partial charge in [0.05, 0.1) is 12.8 Å². The number of methoxy groups -OCH3 is 1. The molecule has 0 unspecified atom stereocenters. The Morgan fingerprint density at radius 1 is 1.10 bits per heavy atom. The summed E-state index contributed by atoms with van der Waals surface area (Å²) < 4.78 is 24.0. The first-order valence-corrected chi connectivity index (χ1v) is 6.52. The maximum absolute atomic E-state index is 13.2. The summed E-state index contributed by atoms with van der Waals surface area (Å²) in [7, 11) is 1.63. The molecule has 0 fully saturated rings. The Labute approximate surface area is 118 Å². The molecule has 0 atom stereocenters. The van der Waals surface area contributed by atoms with Crippen molar-refractivity contribution in [3.63, 3.8) is 0 Å². The molecule has 0 aliphatic rings. The van der Waals surface area contributed by atoms with Crippen LogP contribution in [0.25, 0.3) is 0 Å². The van der Waals surface area contributed by atoms with Gasteiger partial charge in [-0.15, -0.1) is 0 Å². The van der Waals surface area contributed by atoms with Crippen molar-refractivity contribution < 1.29 is 13.9 Å². The summed E-state index contributed by atoms with van der Waals surface area (Å²) in [6, 6.07) is 12.1. The summed E-state index contributed by atoms with van der Waals surface area (Å²) in [5.74, 6) is 1.17. The number of hydrogen-bond donors (Lipinski definition) is 1. The van der Waals surface area contributed by atoms with Gasteiger partial charge in [0.25, 0.3) is 0 Å². The Bertz CT molecular complexity index is 555. The first-order chi connectivity index (χ1) is 9.72. The Morgan fingerprint density at radius 3 is 2.50 bits per heavy atom. The highest BCUT2D eigenvalue weighted by Crippen LogP contribution is 2.26. The van der Waals surface area contributed by atoms with Crippen LogP contribution < -0.4 is 14.8 Å². The van der Waals surface area contributed by atoms with Crippen molar-refractivity contribution in [3.8, 4) is 11.5 Å². The highest BCUT2D eigenvalue weighted by Gasteiger charge is 2.05. The number of hydrogen-bond acceptors (Lipinski definition) is 3. The average Bonchev–Trinajstić information content (AvgIpc) is 2.47. The lowest BCUT2D eigenvalue weighted by atomic mass is 10.2. The number of anilines is 1. The molecule has 4 heteroatoms. The molecule has 0 saturated heterocycles. The first kappa shape index (κ1) is 14.2. The van der Waals surface area contributed by atoms with E-state index in [0.29, 0.717) is 24.6 Å². The van der Waals surface area contributed by atoms with Gasteiger partial charge in [-0.2, -0.15) is 0 Å². The smallest absolute Gasteiger partial charge is 0.143 e. The molecule has 0 aliphatic carbocycles. The van der Waals surface area contributed by atoms with Gasteiger partial charge in [-0.3, -0.25) is 0 Å². The number of benzene rings is 2. The molecule has 0 aliphatic heterocycles. The lowest BCUT2D eigenvalue weighted by Gasteiger charge is -2.12. The second kappa shape index (κ2) is 6.80. The number of rotatable bonds is 6. The molecule has 0 bridgehead atoms. The molecule has 0 heterocycles. The third-order valence-corrected chi connectivity index (χ3v) is 2.86. The lowest BCUT2D eigenvalue weighted by Crippen LogP contribution is -2.02. The third-order valence-electron chi connectivity index (χ3n) is 2.86. The van der Waals surface area contributed by atoms with Crippen molar-refractivity contribution >= 4 is 5.69 Å². The Balaban J connectivity index is 2.05.